The molecule has 0 radical (unpaired) electrons. The van der Waals surface area contributed by atoms with E-state index in [4.69, 9.17) is 13.3 Å². The standard InChI is InChI=1S/C10H25NO3Si/c1-6-12-15(13-7-2,14-8-3)9-11-10(4)5/h10-11H,6-9H2,1-5H3. The molecule has 0 rings (SSSR count). The van der Waals surface area contributed by atoms with Gasteiger partial charge >= 0.3 is 8.80 Å². The summed E-state index contributed by atoms with van der Waals surface area (Å²) in [7, 11) is -2.47. The molecule has 0 spiro atoms. The smallest absolute Gasteiger partial charge is 0.373 e. The van der Waals surface area contributed by atoms with E-state index < -0.39 is 8.80 Å². The summed E-state index contributed by atoms with van der Waals surface area (Å²) in [5, 5.41) is 3.33. The molecule has 0 bridgehead atoms. The maximum atomic E-state index is 5.69. The number of hydrogen-bond donors (Lipinski definition) is 1. The molecule has 0 aromatic rings. The fraction of sp³-hybridized carbons (Fsp3) is 1.00. The second-order valence-electron chi connectivity index (χ2n) is 3.52. The third kappa shape index (κ3) is 6.27. The van der Waals surface area contributed by atoms with Crippen LogP contribution in [0.1, 0.15) is 34.6 Å². The van der Waals surface area contributed by atoms with Crippen molar-refractivity contribution in [3.05, 3.63) is 0 Å². The minimum Gasteiger partial charge on any atom is -0.373 e. The lowest BCUT2D eigenvalue weighted by Gasteiger charge is -2.29. The molecule has 0 heterocycles. The van der Waals surface area contributed by atoms with Gasteiger partial charge in [0.05, 0.1) is 6.17 Å². The zero-order valence-electron chi connectivity index (χ0n) is 10.6. The van der Waals surface area contributed by atoms with Crippen molar-refractivity contribution in [1.29, 1.82) is 0 Å². The van der Waals surface area contributed by atoms with Crippen LogP contribution in [0.3, 0.4) is 0 Å². The first-order valence-electron chi connectivity index (χ1n) is 5.75. The van der Waals surface area contributed by atoms with Crippen LogP contribution >= 0.6 is 0 Å². The maximum absolute atomic E-state index is 5.69. The van der Waals surface area contributed by atoms with Crippen LogP contribution in [0.2, 0.25) is 0 Å². The van der Waals surface area contributed by atoms with Crippen LogP contribution in [0.25, 0.3) is 0 Å². The summed E-state index contributed by atoms with van der Waals surface area (Å²) in [5.41, 5.74) is 0. The summed E-state index contributed by atoms with van der Waals surface area (Å²) in [6.45, 7) is 12.0. The SMILES string of the molecule is CCO[Si](CNC(C)C)(OCC)OCC. The fourth-order valence-corrected chi connectivity index (χ4v) is 3.80. The van der Waals surface area contributed by atoms with Crippen molar-refractivity contribution < 1.29 is 13.3 Å². The Morgan fingerprint density at radius 1 is 0.933 bits per heavy atom. The Hall–Kier alpha value is 0.0569. The topological polar surface area (TPSA) is 39.7 Å². The fourth-order valence-electron chi connectivity index (χ4n) is 1.27. The normalized spacial score (nSPS) is 12.4. The minimum atomic E-state index is -2.47. The second-order valence-corrected chi connectivity index (χ2v) is 6.10. The van der Waals surface area contributed by atoms with Crippen molar-refractivity contribution >= 4 is 8.80 Å². The highest BCUT2D eigenvalue weighted by molar-refractivity contribution is 6.60. The maximum Gasteiger partial charge on any atom is 0.515 e. The zero-order chi connectivity index (χ0) is 11.7. The van der Waals surface area contributed by atoms with E-state index in [1.54, 1.807) is 0 Å². The lowest BCUT2D eigenvalue weighted by Crippen LogP contribution is -2.55. The van der Waals surface area contributed by atoms with Crippen LogP contribution in [0.5, 0.6) is 0 Å². The van der Waals surface area contributed by atoms with Gasteiger partial charge in [-0.25, -0.2) is 0 Å². The predicted octanol–water partition coefficient (Wildman–Crippen LogP) is 1.57. The highest BCUT2D eigenvalue weighted by Crippen LogP contribution is 2.09. The minimum absolute atomic E-state index is 0.415. The molecular formula is C10H25NO3Si. The van der Waals surface area contributed by atoms with Gasteiger partial charge < -0.3 is 18.6 Å². The molecule has 0 unspecified atom stereocenters. The Morgan fingerprint density at radius 2 is 1.33 bits per heavy atom. The van der Waals surface area contributed by atoms with E-state index >= 15 is 0 Å². The van der Waals surface area contributed by atoms with E-state index in [2.05, 4.69) is 19.2 Å². The molecule has 5 heteroatoms. The Bertz CT molecular complexity index is 139. The van der Waals surface area contributed by atoms with Crippen molar-refractivity contribution in [2.45, 2.75) is 40.7 Å². The molecule has 0 aliphatic carbocycles. The van der Waals surface area contributed by atoms with Crippen LogP contribution < -0.4 is 5.32 Å². The van der Waals surface area contributed by atoms with Gasteiger partial charge in [-0.2, -0.15) is 0 Å². The largest absolute Gasteiger partial charge is 0.515 e. The summed E-state index contributed by atoms with van der Waals surface area (Å²) in [6.07, 6.45) is 0.681. The Balaban J connectivity index is 4.31. The molecule has 0 saturated carbocycles. The van der Waals surface area contributed by atoms with Crippen LogP contribution in [0.15, 0.2) is 0 Å². The summed E-state index contributed by atoms with van der Waals surface area (Å²) < 4.78 is 17.1. The first-order valence-corrected chi connectivity index (χ1v) is 7.68. The Kier molecular flexibility index (Phi) is 8.27. The number of rotatable bonds is 9. The van der Waals surface area contributed by atoms with Crippen LogP contribution in [-0.4, -0.2) is 40.8 Å². The second kappa shape index (κ2) is 8.24. The highest BCUT2D eigenvalue weighted by Gasteiger charge is 2.40. The lowest BCUT2D eigenvalue weighted by atomic mass is 10.4. The molecule has 0 amide bonds. The van der Waals surface area contributed by atoms with Gasteiger partial charge in [-0.1, -0.05) is 13.8 Å². The third-order valence-corrected chi connectivity index (χ3v) is 4.64. The quantitative estimate of drug-likeness (QED) is 0.616. The van der Waals surface area contributed by atoms with E-state index in [0.29, 0.717) is 32.0 Å². The van der Waals surface area contributed by atoms with E-state index in [1.807, 2.05) is 20.8 Å². The number of hydrogen-bond acceptors (Lipinski definition) is 4. The third-order valence-electron chi connectivity index (χ3n) is 1.82. The van der Waals surface area contributed by atoms with Crippen molar-refractivity contribution in [1.82, 2.24) is 5.32 Å². The average molecular weight is 235 g/mol. The van der Waals surface area contributed by atoms with Crippen LogP contribution in [0.4, 0.5) is 0 Å². The van der Waals surface area contributed by atoms with Gasteiger partial charge in [-0.15, -0.1) is 0 Å². The zero-order valence-corrected chi connectivity index (χ0v) is 11.6. The van der Waals surface area contributed by atoms with E-state index in [9.17, 15) is 0 Å². The molecule has 0 aliphatic heterocycles. The molecule has 0 fully saturated rings. The van der Waals surface area contributed by atoms with E-state index in [-0.39, 0.29) is 0 Å². The lowest BCUT2D eigenvalue weighted by molar-refractivity contribution is 0.0695. The molecule has 0 atom stereocenters. The molecule has 0 aliphatic rings. The Morgan fingerprint density at radius 3 is 1.60 bits per heavy atom. The first kappa shape index (κ1) is 15.1. The van der Waals surface area contributed by atoms with Crippen molar-refractivity contribution in [3.63, 3.8) is 0 Å². The first-order chi connectivity index (χ1) is 7.10. The Labute approximate surface area is 94.7 Å². The van der Waals surface area contributed by atoms with Gasteiger partial charge in [0.15, 0.2) is 0 Å². The van der Waals surface area contributed by atoms with Gasteiger partial charge in [-0.05, 0) is 20.8 Å². The summed E-state index contributed by atoms with van der Waals surface area (Å²) >= 11 is 0. The average Bonchev–Trinajstić information content (AvgIpc) is 2.16. The molecule has 0 aromatic carbocycles. The van der Waals surface area contributed by atoms with Crippen molar-refractivity contribution in [3.8, 4) is 0 Å². The van der Waals surface area contributed by atoms with Crippen LogP contribution in [-0.2, 0) is 13.3 Å². The van der Waals surface area contributed by atoms with E-state index in [1.165, 1.54) is 0 Å². The highest BCUT2D eigenvalue weighted by atomic mass is 28.4. The monoisotopic (exact) mass is 235 g/mol. The van der Waals surface area contributed by atoms with Crippen LogP contribution in [0, 0.1) is 0 Å². The van der Waals surface area contributed by atoms with Crippen molar-refractivity contribution in [2.75, 3.05) is 26.0 Å². The van der Waals surface area contributed by atoms with Gasteiger partial charge in [0.2, 0.25) is 0 Å². The molecule has 1 N–H and O–H groups in total. The number of nitrogens with one attached hydrogen (secondary N) is 1. The molecule has 4 nitrogen and oxygen atoms in total. The summed E-state index contributed by atoms with van der Waals surface area (Å²) in [6, 6.07) is 0.415. The van der Waals surface area contributed by atoms with Gasteiger partial charge in [0.1, 0.15) is 0 Å². The van der Waals surface area contributed by atoms with E-state index in [0.717, 1.165) is 0 Å². The van der Waals surface area contributed by atoms with Gasteiger partial charge in [0.25, 0.3) is 0 Å². The summed E-state index contributed by atoms with van der Waals surface area (Å²) in [5.74, 6) is 0. The predicted molar refractivity (Wildman–Crippen MR) is 63.8 cm³/mol. The molecule has 0 aromatic heterocycles. The van der Waals surface area contributed by atoms with Crippen molar-refractivity contribution in [2.24, 2.45) is 0 Å². The molecule has 15 heavy (non-hydrogen) atoms. The summed E-state index contributed by atoms with van der Waals surface area (Å²) in [4.78, 5) is 0. The molecule has 92 valence electrons. The van der Waals surface area contributed by atoms with Gasteiger partial charge in [-0.3, -0.25) is 0 Å². The van der Waals surface area contributed by atoms with Gasteiger partial charge in [0, 0.05) is 25.9 Å². The molecular weight excluding hydrogens is 210 g/mol. The molecule has 0 saturated heterocycles.